The van der Waals surface area contributed by atoms with Gasteiger partial charge in [0.25, 0.3) is 5.69 Å². The number of nitrogens with one attached hydrogen (secondary N) is 1. The van der Waals surface area contributed by atoms with Crippen LogP contribution in [0.5, 0.6) is 0 Å². The Hall–Kier alpha value is -3.87. The normalized spacial score (nSPS) is 10.7. The first-order valence-corrected chi connectivity index (χ1v) is 8.36. The number of pyridine rings is 1. The summed E-state index contributed by atoms with van der Waals surface area (Å²) in [5, 5.41) is 14.2. The monoisotopic (exact) mass is 357 g/mol. The summed E-state index contributed by atoms with van der Waals surface area (Å²) in [6.45, 7) is 0.293. The number of fused-ring (bicyclic) bond motifs is 1. The molecule has 0 saturated heterocycles. The molecule has 0 atom stereocenters. The molecule has 2 aromatic heterocycles. The van der Waals surface area contributed by atoms with E-state index in [2.05, 4.69) is 20.3 Å². The lowest BCUT2D eigenvalue weighted by atomic mass is 10.1. The standard InChI is InChI=1S/C20H15N5O2/c26-25(27)18-9-5-4-8-15(18)12-22-19-11-10-16-20(24-19)23-17(13-21-16)14-6-2-1-3-7-14/h1-11,13H,12H2,(H,22,23,24). The summed E-state index contributed by atoms with van der Waals surface area (Å²) in [4.78, 5) is 24.2. The second-order valence-electron chi connectivity index (χ2n) is 5.90. The summed E-state index contributed by atoms with van der Waals surface area (Å²) in [5.74, 6) is 0.583. The van der Waals surface area contributed by atoms with E-state index in [0.717, 1.165) is 11.3 Å². The van der Waals surface area contributed by atoms with Gasteiger partial charge in [-0.25, -0.2) is 9.97 Å². The van der Waals surface area contributed by atoms with Crippen LogP contribution in [0.1, 0.15) is 5.56 Å². The number of aromatic nitrogens is 3. The Balaban J connectivity index is 1.61. The van der Waals surface area contributed by atoms with Crippen LogP contribution in [0.25, 0.3) is 22.4 Å². The fourth-order valence-electron chi connectivity index (χ4n) is 2.77. The van der Waals surface area contributed by atoms with Crippen molar-refractivity contribution in [3.63, 3.8) is 0 Å². The fourth-order valence-corrected chi connectivity index (χ4v) is 2.77. The van der Waals surface area contributed by atoms with E-state index >= 15 is 0 Å². The van der Waals surface area contributed by atoms with Gasteiger partial charge < -0.3 is 5.32 Å². The maximum Gasteiger partial charge on any atom is 0.274 e. The van der Waals surface area contributed by atoms with Crippen molar-refractivity contribution in [2.24, 2.45) is 0 Å². The molecule has 4 aromatic rings. The third kappa shape index (κ3) is 3.57. The average Bonchev–Trinajstić information content (AvgIpc) is 2.72. The van der Waals surface area contributed by atoms with Crippen molar-refractivity contribution in [2.45, 2.75) is 6.54 Å². The SMILES string of the molecule is O=[N+]([O-])c1ccccc1CNc1ccc2ncc(-c3ccccc3)nc2n1. The number of anilines is 1. The number of nitro benzene ring substituents is 1. The van der Waals surface area contributed by atoms with Gasteiger partial charge in [0.2, 0.25) is 0 Å². The van der Waals surface area contributed by atoms with Crippen LogP contribution in [0.4, 0.5) is 11.5 Å². The Morgan fingerprint density at radius 2 is 1.70 bits per heavy atom. The van der Waals surface area contributed by atoms with Crippen LogP contribution < -0.4 is 5.32 Å². The number of benzene rings is 2. The maximum absolute atomic E-state index is 11.1. The second-order valence-corrected chi connectivity index (χ2v) is 5.90. The molecule has 0 radical (unpaired) electrons. The molecule has 2 aromatic carbocycles. The second kappa shape index (κ2) is 7.17. The molecule has 0 amide bonds. The summed E-state index contributed by atoms with van der Waals surface area (Å²) < 4.78 is 0. The van der Waals surface area contributed by atoms with E-state index in [1.807, 2.05) is 36.4 Å². The predicted molar refractivity (Wildman–Crippen MR) is 103 cm³/mol. The third-order valence-electron chi connectivity index (χ3n) is 4.12. The molecule has 0 bridgehead atoms. The Morgan fingerprint density at radius 1 is 0.926 bits per heavy atom. The average molecular weight is 357 g/mol. The Morgan fingerprint density at radius 3 is 2.52 bits per heavy atom. The van der Waals surface area contributed by atoms with Crippen LogP contribution in [0.3, 0.4) is 0 Å². The Kier molecular flexibility index (Phi) is 4.40. The zero-order chi connectivity index (χ0) is 18.6. The lowest BCUT2D eigenvalue weighted by Crippen LogP contribution is -2.04. The van der Waals surface area contributed by atoms with E-state index in [4.69, 9.17) is 0 Å². The Bertz CT molecular complexity index is 1120. The highest BCUT2D eigenvalue weighted by atomic mass is 16.6. The van der Waals surface area contributed by atoms with Crippen molar-refractivity contribution in [3.05, 3.63) is 88.6 Å². The first kappa shape index (κ1) is 16.6. The van der Waals surface area contributed by atoms with E-state index in [0.29, 0.717) is 29.1 Å². The van der Waals surface area contributed by atoms with E-state index in [1.54, 1.807) is 30.5 Å². The number of hydrogen-bond acceptors (Lipinski definition) is 6. The minimum Gasteiger partial charge on any atom is -0.366 e. The number of rotatable bonds is 5. The molecule has 0 aliphatic heterocycles. The molecule has 1 N–H and O–H groups in total. The van der Waals surface area contributed by atoms with Crippen LogP contribution in [0, 0.1) is 10.1 Å². The van der Waals surface area contributed by atoms with Gasteiger partial charge in [-0.15, -0.1) is 0 Å². The van der Waals surface area contributed by atoms with Gasteiger partial charge in [-0.3, -0.25) is 15.1 Å². The molecular weight excluding hydrogens is 342 g/mol. The molecule has 0 fully saturated rings. The fraction of sp³-hybridized carbons (Fsp3) is 0.0500. The quantitative estimate of drug-likeness (QED) is 0.425. The molecule has 0 aliphatic carbocycles. The predicted octanol–water partition coefficient (Wildman–Crippen LogP) is 4.21. The van der Waals surface area contributed by atoms with Crippen LogP contribution >= 0.6 is 0 Å². The molecule has 27 heavy (non-hydrogen) atoms. The lowest BCUT2D eigenvalue weighted by Gasteiger charge is -2.07. The van der Waals surface area contributed by atoms with Crippen molar-refractivity contribution >= 4 is 22.7 Å². The highest BCUT2D eigenvalue weighted by molar-refractivity contribution is 5.75. The van der Waals surface area contributed by atoms with Crippen molar-refractivity contribution < 1.29 is 4.92 Å². The highest BCUT2D eigenvalue weighted by Crippen LogP contribution is 2.21. The summed E-state index contributed by atoms with van der Waals surface area (Å²) in [6, 6.07) is 20.0. The van der Waals surface area contributed by atoms with Crippen molar-refractivity contribution in [3.8, 4) is 11.3 Å². The molecule has 0 spiro atoms. The maximum atomic E-state index is 11.1. The molecule has 4 rings (SSSR count). The number of nitro groups is 1. The van der Waals surface area contributed by atoms with Crippen molar-refractivity contribution in [1.82, 2.24) is 15.0 Å². The number of para-hydroxylation sites is 1. The molecule has 0 unspecified atom stereocenters. The molecule has 2 heterocycles. The topological polar surface area (TPSA) is 93.8 Å². The van der Waals surface area contributed by atoms with Gasteiger partial charge in [-0.1, -0.05) is 48.5 Å². The third-order valence-corrected chi connectivity index (χ3v) is 4.12. The zero-order valence-electron chi connectivity index (χ0n) is 14.2. The molecule has 7 heteroatoms. The molecule has 132 valence electrons. The largest absolute Gasteiger partial charge is 0.366 e. The van der Waals surface area contributed by atoms with Gasteiger partial charge in [0, 0.05) is 23.7 Å². The summed E-state index contributed by atoms with van der Waals surface area (Å²) in [6.07, 6.45) is 1.72. The van der Waals surface area contributed by atoms with Crippen LogP contribution in [0.2, 0.25) is 0 Å². The van der Waals surface area contributed by atoms with E-state index in [-0.39, 0.29) is 10.6 Å². The number of nitrogens with zero attached hydrogens (tertiary/aromatic N) is 4. The number of hydrogen-bond donors (Lipinski definition) is 1. The smallest absolute Gasteiger partial charge is 0.274 e. The van der Waals surface area contributed by atoms with Crippen LogP contribution in [-0.4, -0.2) is 19.9 Å². The molecule has 0 saturated carbocycles. The molecular formula is C20H15N5O2. The minimum atomic E-state index is -0.386. The lowest BCUT2D eigenvalue weighted by molar-refractivity contribution is -0.385. The highest BCUT2D eigenvalue weighted by Gasteiger charge is 2.12. The first-order valence-electron chi connectivity index (χ1n) is 8.36. The van der Waals surface area contributed by atoms with Crippen molar-refractivity contribution in [2.75, 3.05) is 5.32 Å². The summed E-state index contributed by atoms with van der Waals surface area (Å²) >= 11 is 0. The van der Waals surface area contributed by atoms with E-state index in [1.165, 1.54) is 6.07 Å². The minimum absolute atomic E-state index is 0.0805. The first-order chi connectivity index (χ1) is 13.2. The Labute approximate surface area is 154 Å². The van der Waals surface area contributed by atoms with Gasteiger partial charge in [0.15, 0.2) is 5.65 Å². The van der Waals surface area contributed by atoms with E-state index < -0.39 is 0 Å². The van der Waals surface area contributed by atoms with Gasteiger partial charge in [-0.2, -0.15) is 0 Å². The van der Waals surface area contributed by atoms with Crippen LogP contribution in [-0.2, 0) is 6.54 Å². The summed E-state index contributed by atoms with van der Waals surface area (Å²) in [5.41, 5.74) is 3.58. The van der Waals surface area contributed by atoms with Gasteiger partial charge in [0.05, 0.1) is 16.8 Å². The van der Waals surface area contributed by atoms with Crippen molar-refractivity contribution in [1.29, 1.82) is 0 Å². The van der Waals surface area contributed by atoms with Gasteiger partial charge >= 0.3 is 0 Å². The van der Waals surface area contributed by atoms with Crippen LogP contribution in [0.15, 0.2) is 72.9 Å². The van der Waals surface area contributed by atoms with Gasteiger partial charge in [0.1, 0.15) is 11.3 Å². The van der Waals surface area contributed by atoms with E-state index in [9.17, 15) is 10.1 Å². The van der Waals surface area contributed by atoms with Gasteiger partial charge in [-0.05, 0) is 12.1 Å². The zero-order valence-corrected chi connectivity index (χ0v) is 14.2. The molecule has 0 aliphatic rings. The molecule has 7 nitrogen and oxygen atoms in total. The summed E-state index contributed by atoms with van der Waals surface area (Å²) in [7, 11) is 0.